The molecule has 1 fully saturated rings. The van der Waals surface area contributed by atoms with Gasteiger partial charge in [-0.1, -0.05) is 0 Å². The molecule has 1 aliphatic rings. The van der Waals surface area contributed by atoms with Crippen molar-refractivity contribution in [2.24, 2.45) is 5.73 Å². The van der Waals surface area contributed by atoms with Crippen LogP contribution < -0.4 is 10.6 Å². The van der Waals surface area contributed by atoms with Crippen LogP contribution in [0.5, 0.6) is 0 Å². The second-order valence-electron chi connectivity index (χ2n) is 4.91. The zero-order valence-corrected chi connectivity index (χ0v) is 11.1. The number of nitrogens with zero attached hydrogens (tertiary/aromatic N) is 4. The normalized spacial score (nSPS) is 21.1. The van der Waals surface area contributed by atoms with E-state index >= 15 is 0 Å². The first kappa shape index (κ1) is 12.8. The fourth-order valence-corrected chi connectivity index (χ4v) is 2.26. The van der Waals surface area contributed by atoms with Crippen LogP contribution in [0.4, 0.5) is 5.95 Å². The van der Waals surface area contributed by atoms with E-state index < -0.39 is 0 Å². The average Bonchev–Trinajstić information content (AvgIpc) is 2.27. The monoisotopic (exact) mass is 248 g/mol. The molecule has 1 saturated heterocycles. The Labute approximate surface area is 107 Å². The minimum atomic E-state index is -0.0106. The first-order valence-electron chi connectivity index (χ1n) is 6.12. The van der Waals surface area contributed by atoms with E-state index in [1.807, 2.05) is 6.92 Å². The van der Waals surface area contributed by atoms with E-state index in [0.29, 0.717) is 17.7 Å². The quantitative estimate of drug-likeness (QED) is 0.577. The zero-order valence-electron chi connectivity index (χ0n) is 11.1. The fourth-order valence-electron chi connectivity index (χ4n) is 2.26. The van der Waals surface area contributed by atoms with E-state index in [9.17, 15) is 0 Å². The molecule has 98 valence electrons. The molecule has 0 saturated carbocycles. The van der Waals surface area contributed by atoms with Crippen molar-refractivity contribution in [1.82, 2.24) is 14.9 Å². The maximum atomic E-state index is 7.49. The summed E-state index contributed by atoms with van der Waals surface area (Å²) in [5.74, 6) is 0.671. The third-order valence-corrected chi connectivity index (χ3v) is 3.21. The predicted molar refractivity (Wildman–Crippen MR) is 72.1 cm³/mol. The van der Waals surface area contributed by atoms with E-state index in [0.717, 1.165) is 25.3 Å². The highest BCUT2D eigenvalue weighted by molar-refractivity contribution is 5.93. The van der Waals surface area contributed by atoms with Crippen LogP contribution in [0, 0.1) is 12.3 Å². The fraction of sp³-hybridized carbons (Fsp3) is 0.583. The molecule has 1 aromatic heterocycles. The molecule has 0 spiro atoms. The van der Waals surface area contributed by atoms with Gasteiger partial charge in [0, 0.05) is 31.4 Å². The lowest BCUT2D eigenvalue weighted by molar-refractivity contribution is 0.273. The summed E-state index contributed by atoms with van der Waals surface area (Å²) >= 11 is 0. The van der Waals surface area contributed by atoms with Crippen molar-refractivity contribution in [2.75, 3.05) is 31.6 Å². The van der Waals surface area contributed by atoms with E-state index in [2.05, 4.69) is 33.7 Å². The number of nitrogen functional groups attached to an aromatic ring is 1. The van der Waals surface area contributed by atoms with Crippen LogP contribution in [0.2, 0.25) is 0 Å². The van der Waals surface area contributed by atoms with E-state index in [4.69, 9.17) is 11.1 Å². The molecule has 2 heterocycles. The number of anilines is 1. The standard InChI is InChI=1S/C12H20N6/c1-8-6-10(11(13)14)16-12(15-8)18-5-4-17(3)7-9(18)2/h6,9H,4-5,7H2,1-3H3,(H3,13,14). The van der Waals surface area contributed by atoms with Gasteiger partial charge in [0.15, 0.2) is 0 Å². The molecule has 0 aliphatic carbocycles. The number of hydrogen-bond donors (Lipinski definition) is 2. The molecular weight excluding hydrogens is 228 g/mol. The van der Waals surface area contributed by atoms with E-state index in [1.165, 1.54) is 0 Å². The summed E-state index contributed by atoms with van der Waals surface area (Å²) in [5.41, 5.74) is 6.85. The number of likely N-dealkylation sites (N-methyl/N-ethyl adjacent to an activating group) is 1. The smallest absolute Gasteiger partial charge is 0.226 e. The van der Waals surface area contributed by atoms with Crippen LogP contribution in [0.15, 0.2) is 6.07 Å². The Morgan fingerprint density at radius 2 is 2.17 bits per heavy atom. The van der Waals surface area contributed by atoms with Gasteiger partial charge in [-0.2, -0.15) is 0 Å². The minimum Gasteiger partial charge on any atom is -0.382 e. The molecule has 2 rings (SSSR count). The van der Waals surface area contributed by atoms with Gasteiger partial charge in [-0.3, -0.25) is 5.41 Å². The number of rotatable bonds is 2. The summed E-state index contributed by atoms with van der Waals surface area (Å²) < 4.78 is 0. The molecule has 6 heteroatoms. The Hall–Kier alpha value is -1.69. The second kappa shape index (κ2) is 4.89. The van der Waals surface area contributed by atoms with Gasteiger partial charge in [0.25, 0.3) is 0 Å². The Balaban J connectivity index is 2.30. The van der Waals surface area contributed by atoms with Crippen LogP contribution in [-0.4, -0.2) is 53.4 Å². The van der Waals surface area contributed by atoms with Gasteiger partial charge in [0.1, 0.15) is 11.5 Å². The Morgan fingerprint density at radius 3 is 2.78 bits per heavy atom. The number of hydrogen-bond acceptors (Lipinski definition) is 5. The van der Waals surface area contributed by atoms with Gasteiger partial charge in [-0.05, 0) is 27.0 Å². The Kier molecular flexibility index (Phi) is 3.47. The van der Waals surface area contributed by atoms with E-state index in [-0.39, 0.29) is 5.84 Å². The molecule has 0 bridgehead atoms. The molecule has 1 atom stereocenters. The molecule has 1 aliphatic heterocycles. The highest BCUT2D eigenvalue weighted by Crippen LogP contribution is 2.16. The van der Waals surface area contributed by atoms with Crippen molar-refractivity contribution in [2.45, 2.75) is 19.9 Å². The maximum Gasteiger partial charge on any atom is 0.226 e. The van der Waals surface area contributed by atoms with Gasteiger partial charge < -0.3 is 15.5 Å². The number of nitrogens with one attached hydrogen (secondary N) is 1. The zero-order chi connectivity index (χ0) is 13.3. The molecular formula is C12H20N6. The van der Waals surface area contributed by atoms with Crippen molar-refractivity contribution in [1.29, 1.82) is 5.41 Å². The molecule has 0 amide bonds. The van der Waals surface area contributed by atoms with Gasteiger partial charge >= 0.3 is 0 Å². The Morgan fingerprint density at radius 1 is 1.44 bits per heavy atom. The van der Waals surface area contributed by atoms with Crippen LogP contribution in [0.25, 0.3) is 0 Å². The van der Waals surface area contributed by atoms with Crippen molar-refractivity contribution >= 4 is 11.8 Å². The van der Waals surface area contributed by atoms with Crippen LogP contribution >= 0.6 is 0 Å². The summed E-state index contributed by atoms with van der Waals surface area (Å²) in [6, 6.07) is 2.11. The van der Waals surface area contributed by atoms with Crippen LogP contribution in [0.1, 0.15) is 18.3 Å². The van der Waals surface area contributed by atoms with Crippen LogP contribution in [-0.2, 0) is 0 Å². The molecule has 1 aromatic rings. The van der Waals surface area contributed by atoms with E-state index in [1.54, 1.807) is 6.07 Å². The van der Waals surface area contributed by atoms with Crippen LogP contribution in [0.3, 0.4) is 0 Å². The minimum absolute atomic E-state index is 0.0106. The highest BCUT2D eigenvalue weighted by Gasteiger charge is 2.24. The summed E-state index contributed by atoms with van der Waals surface area (Å²) in [4.78, 5) is 13.3. The second-order valence-corrected chi connectivity index (χ2v) is 4.91. The third kappa shape index (κ3) is 2.59. The molecule has 1 unspecified atom stereocenters. The number of nitrogens with two attached hydrogens (primary N) is 1. The topological polar surface area (TPSA) is 82.1 Å². The number of piperazine rings is 1. The summed E-state index contributed by atoms with van der Waals surface area (Å²) in [7, 11) is 2.12. The number of amidine groups is 1. The largest absolute Gasteiger partial charge is 0.382 e. The maximum absolute atomic E-state index is 7.49. The van der Waals surface area contributed by atoms with Crippen molar-refractivity contribution in [3.63, 3.8) is 0 Å². The highest BCUT2D eigenvalue weighted by atomic mass is 15.3. The van der Waals surface area contributed by atoms with Gasteiger partial charge in [0.05, 0.1) is 0 Å². The molecule has 3 N–H and O–H groups in total. The SMILES string of the molecule is Cc1cc(C(=N)N)nc(N2CCN(C)CC2C)n1. The van der Waals surface area contributed by atoms with Gasteiger partial charge in [0.2, 0.25) is 5.95 Å². The van der Waals surface area contributed by atoms with Crippen molar-refractivity contribution in [3.8, 4) is 0 Å². The molecule has 0 radical (unpaired) electrons. The predicted octanol–water partition coefficient (Wildman–Crippen LogP) is 0.209. The first-order chi connectivity index (χ1) is 8.47. The summed E-state index contributed by atoms with van der Waals surface area (Å²) in [5, 5.41) is 7.49. The first-order valence-corrected chi connectivity index (χ1v) is 6.12. The lowest BCUT2D eigenvalue weighted by Crippen LogP contribution is -2.51. The number of aromatic nitrogens is 2. The molecule has 0 aromatic carbocycles. The summed E-state index contributed by atoms with van der Waals surface area (Å²) in [6.07, 6.45) is 0. The third-order valence-electron chi connectivity index (χ3n) is 3.21. The molecule has 18 heavy (non-hydrogen) atoms. The lowest BCUT2D eigenvalue weighted by atomic mass is 10.2. The Bertz CT molecular complexity index is 458. The number of aryl methyl sites for hydroxylation is 1. The average molecular weight is 248 g/mol. The lowest BCUT2D eigenvalue weighted by Gasteiger charge is -2.38. The molecule has 6 nitrogen and oxygen atoms in total. The van der Waals surface area contributed by atoms with Crippen molar-refractivity contribution < 1.29 is 0 Å². The van der Waals surface area contributed by atoms with Gasteiger partial charge in [-0.15, -0.1) is 0 Å². The van der Waals surface area contributed by atoms with Crippen molar-refractivity contribution in [3.05, 3.63) is 17.5 Å². The van der Waals surface area contributed by atoms with Gasteiger partial charge in [-0.25, -0.2) is 9.97 Å². The summed E-state index contributed by atoms with van der Waals surface area (Å²) in [6.45, 7) is 6.95.